The lowest BCUT2D eigenvalue weighted by molar-refractivity contribution is 0.112. The van der Waals surface area contributed by atoms with Gasteiger partial charge in [0.2, 0.25) is 0 Å². The van der Waals surface area contributed by atoms with E-state index >= 15 is 0 Å². The number of carbonyl (C=O) groups is 1. The molecule has 0 fully saturated rings. The van der Waals surface area contributed by atoms with E-state index < -0.39 is 0 Å². The minimum absolute atomic E-state index is 0.756. The summed E-state index contributed by atoms with van der Waals surface area (Å²) >= 11 is 1.80. The molecule has 1 aromatic heterocycles. The van der Waals surface area contributed by atoms with Crippen molar-refractivity contribution < 1.29 is 4.79 Å². The van der Waals surface area contributed by atoms with E-state index in [0.29, 0.717) is 0 Å². The number of aromatic nitrogens is 1. The number of aryl methyl sites for hydroxylation is 1. The van der Waals surface area contributed by atoms with Gasteiger partial charge in [0.1, 0.15) is 0 Å². The van der Waals surface area contributed by atoms with E-state index in [9.17, 15) is 4.79 Å². The van der Waals surface area contributed by atoms with Gasteiger partial charge in [-0.05, 0) is 12.3 Å². The molecular weight excluding hydrogens is 158 g/mol. The van der Waals surface area contributed by atoms with Gasteiger partial charge in [0, 0.05) is 30.3 Å². The highest BCUT2D eigenvalue weighted by Gasteiger charge is 1.93. The molecule has 0 N–H and O–H groups in total. The molecule has 0 atom stereocenters. The van der Waals surface area contributed by atoms with Gasteiger partial charge in [0.25, 0.3) is 0 Å². The first-order chi connectivity index (χ1) is 5.36. The van der Waals surface area contributed by atoms with Crippen LogP contribution < -0.4 is 0 Å². The molecule has 0 saturated carbocycles. The van der Waals surface area contributed by atoms with E-state index in [0.717, 1.165) is 24.1 Å². The summed E-state index contributed by atoms with van der Waals surface area (Å²) in [6.07, 6.45) is 6.74. The Labute approximate surface area is 70.6 Å². The van der Waals surface area contributed by atoms with Crippen LogP contribution in [0.2, 0.25) is 0 Å². The van der Waals surface area contributed by atoms with E-state index in [-0.39, 0.29) is 0 Å². The maximum Gasteiger partial charge on any atom is 0.151 e. The predicted octanol–water partition coefficient (Wildman–Crippen LogP) is 1.66. The number of aldehydes is 1. The fourth-order valence-corrected chi connectivity index (χ4v) is 1.26. The predicted molar refractivity (Wildman–Crippen MR) is 48.2 cm³/mol. The molecule has 60 valence electrons. The molecule has 0 aliphatic rings. The minimum Gasteiger partial charge on any atom is -0.353 e. The average molecular weight is 169 g/mol. The van der Waals surface area contributed by atoms with Gasteiger partial charge >= 0.3 is 0 Å². The lowest BCUT2D eigenvalue weighted by Gasteiger charge is -1.97. The van der Waals surface area contributed by atoms with Crippen LogP contribution in [0, 0.1) is 0 Å². The Bertz CT molecular complexity index is 232. The summed E-state index contributed by atoms with van der Waals surface area (Å²) in [5, 5.41) is 0. The molecule has 1 heterocycles. The fourth-order valence-electron chi connectivity index (χ4n) is 0.865. The van der Waals surface area contributed by atoms with Crippen LogP contribution in [-0.4, -0.2) is 22.9 Å². The molecule has 3 heteroatoms. The molecule has 0 radical (unpaired) electrons. The SMILES string of the molecule is CSCCn1ccc(C=O)c1. The Kier molecular flexibility index (Phi) is 3.23. The van der Waals surface area contributed by atoms with Gasteiger partial charge in [-0.3, -0.25) is 4.79 Å². The van der Waals surface area contributed by atoms with E-state index in [4.69, 9.17) is 0 Å². The van der Waals surface area contributed by atoms with Crippen LogP contribution >= 0.6 is 11.8 Å². The molecule has 0 saturated heterocycles. The van der Waals surface area contributed by atoms with Gasteiger partial charge in [0.15, 0.2) is 6.29 Å². The Morgan fingerprint density at radius 2 is 2.55 bits per heavy atom. The van der Waals surface area contributed by atoms with E-state index in [1.807, 2.05) is 23.0 Å². The molecule has 0 unspecified atom stereocenters. The fraction of sp³-hybridized carbons (Fsp3) is 0.375. The number of nitrogens with zero attached hydrogens (tertiary/aromatic N) is 1. The van der Waals surface area contributed by atoms with Crippen LogP contribution in [0.5, 0.6) is 0 Å². The van der Waals surface area contributed by atoms with Crippen LogP contribution in [0.1, 0.15) is 10.4 Å². The Morgan fingerprint density at radius 3 is 3.09 bits per heavy atom. The molecule has 0 aromatic carbocycles. The smallest absolute Gasteiger partial charge is 0.151 e. The van der Waals surface area contributed by atoms with Gasteiger partial charge in [-0.15, -0.1) is 0 Å². The van der Waals surface area contributed by atoms with Crippen LogP contribution in [0.3, 0.4) is 0 Å². The van der Waals surface area contributed by atoms with Crippen LogP contribution in [-0.2, 0) is 6.54 Å². The molecule has 2 nitrogen and oxygen atoms in total. The van der Waals surface area contributed by atoms with Crippen molar-refractivity contribution in [1.82, 2.24) is 4.57 Å². The summed E-state index contributed by atoms with van der Waals surface area (Å²) in [7, 11) is 0. The maximum atomic E-state index is 10.3. The van der Waals surface area contributed by atoms with Gasteiger partial charge in [-0.2, -0.15) is 11.8 Å². The molecule has 0 bridgehead atoms. The number of carbonyl (C=O) groups excluding carboxylic acids is 1. The van der Waals surface area contributed by atoms with Crippen LogP contribution in [0.25, 0.3) is 0 Å². The lowest BCUT2D eigenvalue weighted by Crippen LogP contribution is -1.95. The maximum absolute atomic E-state index is 10.3. The normalized spacial score (nSPS) is 9.91. The summed E-state index contributed by atoms with van der Waals surface area (Å²) in [5.41, 5.74) is 0.756. The van der Waals surface area contributed by atoms with Gasteiger partial charge in [-0.25, -0.2) is 0 Å². The topological polar surface area (TPSA) is 22.0 Å². The number of thioether (sulfide) groups is 1. The monoisotopic (exact) mass is 169 g/mol. The second-order valence-electron chi connectivity index (χ2n) is 2.29. The molecule has 1 rings (SSSR count). The number of hydrogen-bond donors (Lipinski definition) is 0. The van der Waals surface area contributed by atoms with Gasteiger partial charge < -0.3 is 4.57 Å². The molecule has 0 spiro atoms. The highest BCUT2D eigenvalue weighted by molar-refractivity contribution is 7.98. The van der Waals surface area contributed by atoms with Crippen molar-refractivity contribution in [2.45, 2.75) is 6.54 Å². The third-order valence-corrected chi connectivity index (χ3v) is 2.05. The highest BCUT2D eigenvalue weighted by Crippen LogP contribution is 2.00. The average Bonchev–Trinajstić information content (AvgIpc) is 2.48. The Morgan fingerprint density at radius 1 is 1.73 bits per heavy atom. The molecule has 0 amide bonds. The van der Waals surface area contributed by atoms with Crippen molar-refractivity contribution in [1.29, 1.82) is 0 Å². The Hall–Kier alpha value is -0.700. The quantitative estimate of drug-likeness (QED) is 0.639. The summed E-state index contributed by atoms with van der Waals surface area (Å²) in [4.78, 5) is 10.3. The zero-order valence-corrected chi connectivity index (χ0v) is 7.30. The van der Waals surface area contributed by atoms with Crippen molar-refractivity contribution in [2.75, 3.05) is 12.0 Å². The number of rotatable bonds is 4. The third-order valence-electron chi connectivity index (χ3n) is 1.46. The van der Waals surface area contributed by atoms with Crippen molar-refractivity contribution in [3.63, 3.8) is 0 Å². The first kappa shape index (κ1) is 8.40. The first-order valence-corrected chi connectivity index (χ1v) is 4.86. The number of hydrogen-bond acceptors (Lipinski definition) is 2. The van der Waals surface area contributed by atoms with Crippen molar-refractivity contribution in [2.24, 2.45) is 0 Å². The molecule has 0 aliphatic carbocycles. The van der Waals surface area contributed by atoms with Crippen molar-refractivity contribution >= 4 is 18.0 Å². The third kappa shape index (κ3) is 2.42. The Balaban J connectivity index is 2.51. The standard InChI is InChI=1S/C8H11NOS/c1-11-5-4-9-3-2-8(6-9)7-10/h2-3,6-7H,4-5H2,1H3. The summed E-state index contributed by atoms with van der Waals surface area (Å²) in [6.45, 7) is 0.981. The molecule has 11 heavy (non-hydrogen) atoms. The largest absolute Gasteiger partial charge is 0.353 e. The first-order valence-electron chi connectivity index (χ1n) is 3.46. The summed E-state index contributed by atoms with van der Waals surface area (Å²) in [5.74, 6) is 1.09. The zero-order valence-electron chi connectivity index (χ0n) is 6.49. The molecular formula is C8H11NOS. The summed E-state index contributed by atoms with van der Waals surface area (Å²) < 4.78 is 2.03. The summed E-state index contributed by atoms with van der Waals surface area (Å²) in [6, 6.07) is 1.83. The molecule has 1 aromatic rings. The van der Waals surface area contributed by atoms with Gasteiger partial charge in [0.05, 0.1) is 0 Å². The van der Waals surface area contributed by atoms with E-state index in [1.165, 1.54) is 0 Å². The molecule has 0 aliphatic heterocycles. The second kappa shape index (κ2) is 4.23. The minimum atomic E-state index is 0.756. The second-order valence-corrected chi connectivity index (χ2v) is 3.28. The van der Waals surface area contributed by atoms with E-state index in [2.05, 4.69) is 6.26 Å². The zero-order chi connectivity index (χ0) is 8.10. The van der Waals surface area contributed by atoms with E-state index in [1.54, 1.807) is 11.8 Å². The van der Waals surface area contributed by atoms with Crippen molar-refractivity contribution in [3.8, 4) is 0 Å². The highest BCUT2D eigenvalue weighted by atomic mass is 32.2. The lowest BCUT2D eigenvalue weighted by atomic mass is 10.4. The van der Waals surface area contributed by atoms with Gasteiger partial charge in [-0.1, -0.05) is 0 Å². The van der Waals surface area contributed by atoms with Crippen LogP contribution in [0.15, 0.2) is 18.5 Å². The van der Waals surface area contributed by atoms with Crippen molar-refractivity contribution in [3.05, 3.63) is 24.0 Å². The van der Waals surface area contributed by atoms with Crippen LogP contribution in [0.4, 0.5) is 0 Å².